The molecule has 0 aliphatic heterocycles. The fraction of sp³-hybridized carbons (Fsp3) is 0.688. The van der Waals surface area contributed by atoms with Gasteiger partial charge in [-0.2, -0.15) is 4.57 Å². The third-order valence-corrected chi connectivity index (χ3v) is 4.24. The molecule has 0 saturated heterocycles. The Morgan fingerprint density at radius 2 is 2.21 bits per heavy atom. The van der Waals surface area contributed by atoms with E-state index in [1.165, 1.54) is 12.8 Å². The van der Waals surface area contributed by atoms with E-state index in [-0.39, 0.29) is 5.75 Å². The molecule has 0 aromatic carbocycles. The van der Waals surface area contributed by atoms with Crippen LogP contribution in [0.4, 0.5) is 0 Å². The van der Waals surface area contributed by atoms with Crippen molar-refractivity contribution < 1.29 is 14.4 Å². The summed E-state index contributed by atoms with van der Waals surface area (Å²) in [4.78, 5) is 0. The van der Waals surface area contributed by atoms with E-state index < -0.39 is 0 Å². The van der Waals surface area contributed by atoms with Crippen LogP contribution in [0.5, 0.6) is 5.75 Å². The van der Waals surface area contributed by atoms with Crippen LogP contribution in [0.25, 0.3) is 0 Å². The van der Waals surface area contributed by atoms with Crippen molar-refractivity contribution in [3.8, 4) is 5.75 Å². The molecule has 0 radical (unpaired) electrons. The highest BCUT2D eigenvalue weighted by Gasteiger charge is 2.32. The van der Waals surface area contributed by atoms with Crippen molar-refractivity contribution in [2.24, 2.45) is 17.8 Å². The second kappa shape index (κ2) is 6.38. The second-order valence-electron chi connectivity index (χ2n) is 6.24. The lowest BCUT2D eigenvalue weighted by atomic mass is 9.75. The molecule has 0 bridgehead atoms. The molecule has 0 spiro atoms. The normalized spacial score (nSPS) is 27.7. The summed E-state index contributed by atoms with van der Waals surface area (Å²) in [6, 6.07) is 3.51. The highest BCUT2D eigenvalue weighted by Crippen LogP contribution is 2.35. The van der Waals surface area contributed by atoms with Crippen molar-refractivity contribution in [3.05, 3.63) is 24.5 Å². The lowest BCUT2D eigenvalue weighted by Crippen LogP contribution is -2.41. The Bertz CT molecular complexity index is 405. The molecule has 1 heterocycles. The summed E-state index contributed by atoms with van der Waals surface area (Å²) < 4.78 is 8.02. The number of nitrogens with zero attached hydrogens (tertiary/aromatic N) is 1. The Morgan fingerprint density at radius 1 is 1.42 bits per heavy atom. The quantitative estimate of drug-likeness (QED) is 0.848. The number of pyridine rings is 1. The van der Waals surface area contributed by atoms with E-state index in [4.69, 9.17) is 4.74 Å². The summed E-state index contributed by atoms with van der Waals surface area (Å²) in [5.74, 6) is 2.37. The molecule has 0 unspecified atom stereocenters. The molecule has 1 N–H and O–H groups in total. The summed E-state index contributed by atoms with van der Waals surface area (Å²) in [5.41, 5.74) is 0. The molecule has 1 aromatic rings. The molecule has 0 amide bonds. The van der Waals surface area contributed by atoms with Gasteiger partial charge in [-0.25, -0.2) is 0 Å². The molecule has 1 saturated carbocycles. The number of rotatable bonds is 4. The van der Waals surface area contributed by atoms with Gasteiger partial charge in [0.2, 0.25) is 6.20 Å². The SMILES string of the molecule is CC(C)[C@@H]1CC[C@@H](C)C[C@H]1OC[n+]1cccc(O)c1. The van der Waals surface area contributed by atoms with E-state index in [0.717, 1.165) is 12.3 Å². The first-order valence-electron chi connectivity index (χ1n) is 7.36. The fourth-order valence-corrected chi connectivity index (χ4v) is 3.08. The number of hydrogen-bond acceptors (Lipinski definition) is 2. The number of aromatic hydroxyl groups is 1. The zero-order valence-corrected chi connectivity index (χ0v) is 12.2. The van der Waals surface area contributed by atoms with Crippen LogP contribution in [0.3, 0.4) is 0 Å². The molecule has 106 valence electrons. The Kier molecular flexibility index (Phi) is 4.81. The molecule has 1 aliphatic carbocycles. The molecule has 3 atom stereocenters. The number of hydrogen-bond donors (Lipinski definition) is 1. The van der Waals surface area contributed by atoms with Crippen molar-refractivity contribution >= 4 is 0 Å². The largest absolute Gasteiger partial charge is 0.503 e. The van der Waals surface area contributed by atoms with E-state index >= 15 is 0 Å². The summed E-state index contributed by atoms with van der Waals surface area (Å²) in [6.45, 7) is 7.42. The Morgan fingerprint density at radius 3 is 2.89 bits per heavy atom. The van der Waals surface area contributed by atoms with Crippen LogP contribution in [0.15, 0.2) is 24.5 Å². The van der Waals surface area contributed by atoms with Gasteiger partial charge in [-0.05, 0) is 36.7 Å². The van der Waals surface area contributed by atoms with Gasteiger partial charge >= 0.3 is 0 Å². The predicted octanol–water partition coefficient (Wildman–Crippen LogP) is 3.11. The lowest BCUT2D eigenvalue weighted by molar-refractivity contribution is -0.735. The zero-order valence-electron chi connectivity index (χ0n) is 12.2. The van der Waals surface area contributed by atoms with Crippen molar-refractivity contribution in [2.75, 3.05) is 0 Å². The first-order chi connectivity index (χ1) is 9.06. The van der Waals surface area contributed by atoms with Crippen LogP contribution < -0.4 is 4.57 Å². The average Bonchev–Trinajstić information content (AvgIpc) is 2.36. The van der Waals surface area contributed by atoms with E-state index in [0.29, 0.717) is 24.7 Å². The third-order valence-electron chi connectivity index (χ3n) is 4.24. The van der Waals surface area contributed by atoms with Gasteiger partial charge in [0.1, 0.15) is 0 Å². The molecule has 1 aromatic heterocycles. The predicted molar refractivity (Wildman–Crippen MR) is 74.5 cm³/mol. The molecule has 1 fully saturated rings. The highest BCUT2D eigenvalue weighted by atomic mass is 16.5. The summed E-state index contributed by atoms with van der Waals surface area (Å²) >= 11 is 0. The van der Waals surface area contributed by atoms with Gasteiger partial charge in [0.15, 0.2) is 11.9 Å². The van der Waals surface area contributed by atoms with Crippen molar-refractivity contribution in [1.29, 1.82) is 0 Å². The smallest absolute Gasteiger partial charge is 0.253 e. The molecule has 1 aliphatic rings. The Hall–Kier alpha value is -1.09. The van der Waals surface area contributed by atoms with Gasteiger partial charge in [0.05, 0.1) is 6.10 Å². The van der Waals surface area contributed by atoms with Crippen LogP contribution in [0, 0.1) is 17.8 Å². The molecular formula is C16H26NO2+. The van der Waals surface area contributed by atoms with Crippen LogP contribution in [-0.2, 0) is 11.5 Å². The summed E-state index contributed by atoms with van der Waals surface area (Å²) in [7, 11) is 0. The minimum Gasteiger partial charge on any atom is -0.503 e. The molecule has 19 heavy (non-hydrogen) atoms. The monoisotopic (exact) mass is 264 g/mol. The Balaban J connectivity index is 1.95. The summed E-state index contributed by atoms with van der Waals surface area (Å²) in [5, 5.41) is 9.46. The van der Waals surface area contributed by atoms with E-state index in [1.807, 2.05) is 16.8 Å². The van der Waals surface area contributed by atoms with Crippen molar-refractivity contribution in [3.63, 3.8) is 0 Å². The summed E-state index contributed by atoms with van der Waals surface area (Å²) in [6.07, 6.45) is 7.73. The van der Waals surface area contributed by atoms with Crippen LogP contribution in [-0.4, -0.2) is 11.2 Å². The van der Waals surface area contributed by atoms with Gasteiger partial charge in [0.25, 0.3) is 6.73 Å². The Labute approximate surface area is 116 Å². The maximum atomic E-state index is 9.46. The van der Waals surface area contributed by atoms with E-state index in [9.17, 15) is 5.11 Å². The lowest BCUT2D eigenvalue weighted by Gasteiger charge is -2.36. The van der Waals surface area contributed by atoms with Gasteiger partial charge in [0, 0.05) is 6.07 Å². The van der Waals surface area contributed by atoms with Gasteiger partial charge in [-0.1, -0.05) is 27.2 Å². The van der Waals surface area contributed by atoms with Gasteiger partial charge in [-0.3, -0.25) is 0 Å². The number of ether oxygens (including phenoxy) is 1. The zero-order chi connectivity index (χ0) is 13.8. The van der Waals surface area contributed by atoms with Gasteiger partial charge < -0.3 is 9.84 Å². The minimum absolute atomic E-state index is 0.281. The number of aromatic nitrogens is 1. The third kappa shape index (κ3) is 3.93. The molecule has 3 heteroatoms. The molecule has 3 nitrogen and oxygen atoms in total. The minimum atomic E-state index is 0.281. The fourth-order valence-electron chi connectivity index (χ4n) is 3.08. The van der Waals surface area contributed by atoms with E-state index in [1.54, 1.807) is 12.3 Å². The maximum Gasteiger partial charge on any atom is 0.253 e. The topological polar surface area (TPSA) is 33.3 Å². The van der Waals surface area contributed by atoms with Crippen molar-refractivity contribution in [1.82, 2.24) is 0 Å². The maximum absolute atomic E-state index is 9.46. The van der Waals surface area contributed by atoms with Crippen molar-refractivity contribution in [2.45, 2.75) is 52.9 Å². The van der Waals surface area contributed by atoms with Crippen LogP contribution in [0.1, 0.15) is 40.0 Å². The standard InChI is InChI=1S/C16H25NO2/c1-12(2)15-7-6-13(3)9-16(15)19-11-17-8-4-5-14(18)10-17/h4-5,8,10,12-13,15-16H,6-7,9,11H2,1-3H3/p+1/t13-,15+,16-/m1/s1. The van der Waals surface area contributed by atoms with Crippen LogP contribution >= 0.6 is 0 Å². The molecular weight excluding hydrogens is 238 g/mol. The van der Waals surface area contributed by atoms with Gasteiger partial charge in [-0.15, -0.1) is 0 Å². The molecule has 2 rings (SSSR count). The first kappa shape index (κ1) is 14.3. The van der Waals surface area contributed by atoms with Crippen LogP contribution in [0.2, 0.25) is 0 Å². The first-order valence-corrected chi connectivity index (χ1v) is 7.36. The van der Waals surface area contributed by atoms with E-state index in [2.05, 4.69) is 20.8 Å². The average molecular weight is 264 g/mol. The highest BCUT2D eigenvalue weighted by molar-refractivity contribution is 5.09. The second-order valence-corrected chi connectivity index (χ2v) is 6.24.